The van der Waals surface area contributed by atoms with Gasteiger partial charge in [-0.3, -0.25) is 0 Å². The zero-order chi connectivity index (χ0) is 17.3. The molecule has 24 heavy (non-hydrogen) atoms. The summed E-state index contributed by atoms with van der Waals surface area (Å²) >= 11 is 4.71. The molecular formula is C16H14BrF2NO2S2. The molecule has 1 heterocycles. The first-order valence-corrected chi connectivity index (χ1v) is 10.6. The van der Waals surface area contributed by atoms with Crippen LogP contribution in [0.1, 0.15) is 23.6 Å². The Morgan fingerprint density at radius 2 is 2.00 bits per heavy atom. The molecule has 8 heteroatoms. The van der Waals surface area contributed by atoms with Gasteiger partial charge in [-0.15, -0.1) is 11.8 Å². The second-order valence-corrected chi connectivity index (χ2v) is 9.29. The predicted molar refractivity (Wildman–Crippen MR) is 94.3 cm³/mol. The summed E-state index contributed by atoms with van der Waals surface area (Å²) in [6.45, 7) is 0. The molecule has 1 aliphatic heterocycles. The Hall–Kier alpha value is -0.960. The van der Waals surface area contributed by atoms with Gasteiger partial charge in [0.2, 0.25) is 10.0 Å². The van der Waals surface area contributed by atoms with Gasteiger partial charge in [0, 0.05) is 21.0 Å². The van der Waals surface area contributed by atoms with Crippen LogP contribution >= 0.6 is 27.7 Å². The van der Waals surface area contributed by atoms with Crippen molar-refractivity contribution in [2.75, 3.05) is 5.75 Å². The second-order valence-electron chi connectivity index (χ2n) is 5.48. The molecule has 0 amide bonds. The van der Waals surface area contributed by atoms with Gasteiger partial charge in [-0.05, 0) is 48.1 Å². The summed E-state index contributed by atoms with van der Waals surface area (Å²) in [5.74, 6) is -0.710. The summed E-state index contributed by atoms with van der Waals surface area (Å²) in [6.07, 6.45) is 0.559. The molecule has 0 bridgehead atoms. The van der Waals surface area contributed by atoms with Gasteiger partial charge in [0.1, 0.15) is 11.6 Å². The van der Waals surface area contributed by atoms with Crippen molar-refractivity contribution in [2.24, 2.45) is 0 Å². The van der Waals surface area contributed by atoms with E-state index in [1.54, 1.807) is 23.9 Å². The van der Waals surface area contributed by atoms with E-state index in [4.69, 9.17) is 0 Å². The lowest BCUT2D eigenvalue weighted by Gasteiger charge is -2.25. The van der Waals surface area contributed by atoms with Crippen LogP contribution in [0.5, 0.6) is 0 Å². The minimum Gasteiger partial charge on any atom is -0.212 e. The van der Waals surface area contributed by atoms with Gasteiger partial charge < -0.3 is 0 Å². The molecule has 2 aromatic rings. The zero-order valence-corrected chi connectivity index (χ0v) is 15.6. The largest absolute Gasteiger partial charge is 0.216 e. The van der Waals surface area contributed by atoms with E-state index in [2.05, 4.69) is 20.7 Å². The van der Waals surface area contributed by atoms with E-state index in [1.165, 1.54) is 24.3 Å². The van der Waals surface area contributed by atoms with E-state index in [-0.39, 0.29) is 5.56 Å². The molecular weight excluding hydrogens is 420 g/mol. The average molecular weight is 434 g/mol. The molecule has 1 N–H and O–H groups in total. The lowest BCUT2D eigenvalue weighted by atomic mass is 10.0. The van der Waals surface area contributed by atoms with Crippen LogP contribution in [-0.2, 0) is 15.8 Å². The Morgan fingerprint density at radius 3 is 2.75 bits per heavy atom. The molecule has 2 aromatic carbocycles. The molecule has 0 unspecified atom stereocenters. The predicted octanol–water partition coefficient (Wildman–Crippen LogP) is 4.38. The fourth-order valence-corrected chi connectivity index (χ4v) is 5.43. The van der Waals surface area contributed by atoms with Crippen LogP contribution < -0.4 is 4.72 Å². The molecule has 1 atom stereocenters. The highest BCUT2D eigenvalue weighted by Crippen LogP contribution is 2.37. The van der Waals surface area contributed by atoms with E-state index < -0.39 is 33.5 Å². The third kappa shape index (κ3) is 4.17. The molecule has 0 spiro atoms. The van der Waals surface area contributed by atoms with Gasteiger partial charge in [0.25, 0.3) is 0 Å². The van der Waals surface area contributed by atoms with Crippen LogP contribution in [0.2, 0.25) is 0 Å². The van der Waals surface area contributed by atoms with Gasteiger partial charge in [0.05, 0.1) is 5.75 Å². The average Bonchev–Trinajstić information content (AvgIpc) is 2.50. The Morgan fingerprint density at radius 1 is 1.21 bits per heavy atom. The molecule has 0 aromatic heterocycles. The fraction of sp³-hybridized carbons (Fsp3) is 0.250. The maximum atomic E-state index is 13.9. The van der Waals surface area contributed by atoms with Gasteiger partial charge in [-0.1, -0.05) is 22.0 Å². The van der Waals surface area contributed by atoms with Crippen LogP contribution in [0.15, 0.2) is 45.8 Å². The normalized spacial score (nSPS) is 17.5. The van der Waals surface area contributed by atoms with Crippen LogP contribution in [0, 0.1) is 11.6 Å². The smallest absolute Gasteiger partial charge is 0.212 e. The third-order valence-corrected chi connectivity index (χ3v) is 6.64. The van der Waals surface area contributed by atoms with Gasteiger partial charge >= 0.3 is 0 Å². The van der Waals surface area contributed by atoms with Crippen LogP contribution in [0.3, 0.4) is 0 Å². The van der Waals surface area contributed by atoms with Crippen molar-refractivity contribution in [3.8, 4) is 0 Å². The molecule has 1 aliphatic rings. The lowest BCUT2D eigenvalue weighted by Crippen LogP contribution is -2.32. The number of halogens is 3. The number of rotatable bonds is 4. The SMILES string of the molecule is O=S(=O)(Cc1ccc(Br)cc1F)N[C@H]1CCSc2ccc(F)cc21. The van der Waals surface area contributed by atoms with Gasteiger partial charge in [-0.25, -0.2) is 21.9 Å². The van der Waals surface area contributed by atoms with E-state index in [0.717, 1.165) is 10.6 Å². The standard InChI is InChI=1S/C16H14BrF2NO2S2/c17-11-2-1-10(14(19)7-11)9-24(21,22)20-15-5-6-23-16-4-3-12(18)8-13(15)16/h1-4,7-8,15,20H,5-6,9H2/t15-/m0/s1. The maximum Gasteiger partial charge on any atom is 0.216 e. The lowest BCUT2D eigenvalue weighted by molar-refractivity contribution is 0.538. The number of hydrogen-bond acceptors (Lipinski definition) is 3. The summed E-state index contributed by atoms with van der Waals surface area (Å²) in [5, 5.41) is 0. The third-order valence-electron chi connectivity index (χ3n) is 3.69. The Balaban J connectivity index is 1.82. The highest BCUT2D eigenvalue weighted by atomic mass is 79.9. The van der Waals surface area contributed by atoms with Crippen LogP contribution in [0.4, 0.5) is 8.78 Å². The minimum absolute atomic E-state index is 0.0929. The molecule has 0 saturated heterocycles. The van der Waals surface area contributed by atoms with Crippen LogP contribution in [0.25, 0.3) is 0 Å². The summed E-state index contributed by atoms with van der Waals surface area (Å²) < 4.78 is 55.3. The van der Waals surface area contributed by atoms with Crippen molar-refractivity contribution >= 4 is 37.7 Å². The number of sulfonamides is 1. The van der Waals surface area contributed by atoms with Crippen molar-refractivity contribution in [3.63, 3.8) is 0 Å². The topological polar surface area (TPSA) is 46.2 Å². The summed E-state index contributed by atoms with van der Waals surface area (Å²) in [5.41, 5.74) is 0.724. The minimum atomic E-state index is -3.76. The quantitative estimate of drug-likeness (QED) is 0.777. The van der Waals surface area contributed by atoms with E-state index in [0.29, 0.717) is 16.5 Å². The summed E-state index contributed by atoms with van der Waals surface area (Å²) in [7, 11) is -3.76. The van der Waals surface area contributed by atoms with Crippen molar-refractivity contribution in [1.82, 2.24) is 4.72 Å². The Bertz CT molecular complexity index is 874. The monoisotopic (exact) mass is 433 g/mol. The molecule has 3 rings (SSSR count). The van der Waals surface area contributed by atoms with E-state index >= 15 is 0 Å². The first-order valence-electron chi connectivity index (χ1n) is 7.20. The van der Waals surface area contributed by atoms with E-state index in [9.17, 15) is 17.2 Å². The summed E-state index contributed by atoms with van der Waals surface area (Å²) in [6, 6.07) is 8.13. The van der Waals surface area contributed by atoms with E-state index in [1.807, 2.05) is 0 Å². The number of thioether (sulfide) groups is 1. The van der Waals surface area contributed by atoms with Crippen LogP contribution in [-0.4, -0.2) is 14.2 Å². The number of fused-ring (bicyclic) bond motifs is 1. The Labute approximate surface area is 152 Å². The van der Waals surface area contributed by atoms with Gasteiger partial charge in [0.15, 0.2) is 0 Å². The molecule has 0 aliphatic carbocycles. The highest BCUT2D eigenvalue weighted by Gasteiger charge is 2.26. The molecule has 3 nitrogen and oxygen atoms in total. The zero-order valence-electron chi connectivity index (χ0n) is 12.4. The van der Waals surface area contributed by atoms with Crippen molar-refractivity contribution in [1.29, 1.82) is 0 Å². The molecule has 0 fully saturated rings. The molecule has 0 saturated carbocycles. The number of hydrogen-bond donors (Lipinski definition) is 1. The molecule has 0 radical (unpaired) electrons. The first-order chi connectivity index (χ1) is 11.3. The number of nitrogens with one attached hydrogen (secondary N) is 1. The fourth-order valence-electron chi connectivity index (χ4n) is 2.59. The highest BCUT2D eigenvalue weighted by molar-refractivity contribution is 9.10. The summed E-state index contributed by atoms with van der Waals surface area (Å²) in [4.78, 5) is 0.866. The Kier molecular flexibility index (Phi) is 5.29. The number of benzene rings is 2. The second kappa shape index (κ2) is 7.11. The molecule has 128 valence electrons. The van der Waals surface area contributed by atoms with Crippen molar-refractivity contribution < 1.29 is 17.2 Å². The maximum absolute atomic E-state index is 13.9. The van der Waals surface area contributed by atoms with Gasteiger partial charge in [-0.2, -0.15) is 0 Å². The first kappa shape index (κ1) is 17.8. The van der Waals surface area contributed by atoms with Crippen molar-refractivity contribution in [2.45, 2.75) is 23.1 Å². The van der Waals surface area contributed by atoms with Crippen molar-refractivity contribution in [3.05, 3.63) is 63.6 Å².